The van der Waals surface area contributed by atoms with Gasteiger partial charge >= 0.3 is 0 Å². The SMILES string of the molecule is Cc1cccnc1Nc1ccc([C@H]2CCCN(S(=O)(=O)c3c(C)noc3C)C2)nc1. The summed E-state index contributed by atoms with van der Waals surface area (Å²) in [6.07, 6.45) is 5.19. The van der Waals surface area contributed by atoms with Crippen molar-refractivity contribution in [2.75, 3.05) is 18.4 Å². The average molecular weight is 428 g/mol. The first kappa shape index (κ1) is 20.5. The average Bonchev–Trinajstić information content (AvgIpc) is 3.09. The molecule has 0 unspecified atom stereocenters. The van der Waals surface area contributed by atoms with E-state index >= 15 is 0 Å². The molecule has 1 aliphatic rings. The Morgan fingerprint density at radius 3 is 2.67 bits per heavy atom. The summed E-state index contributed by atoms with van der Waals surface area (Å²) >= 11 is 0. The fraction of sp³-hybridized carbons (Fsp3) is 0.381. The maximum atomic E-state index is 13.1. The van der Waals surface area contributed by atoms with Gasteiger partial charge in [0.2, 0.25) is 10.0 Å². The largest absolute Gasteiger partial charge is 0.360 e. The van der Waals surface area contributed by atoms with Gasteiger partial charge in [-0.15, -0.1) is 0 Å². The number of aryl methyl sites for hydroxylation is 3. The Morgan fingerprint density at radius 1 is 1.17 bits per heavy atom. The van der Waals surface area contributed by atoms with Crippen LogP contribution in [0.25, 0.3) is 0 Å². The minimum absolute atomic E-state index is 0.0413. The molecule has 3 aromatic rings. The van der Waals surface area contributed by atoms with Gasteiger partial charge in [0.05, 0.1) is 11.9 Å². The zero-order chi connectivity index (χ0) is 21.3. The van der Waals surface area contributed by atoms with E-state index in [-0.39, 0.29) is 10.8 Å². The molecule has 4 rings (SSSR count). The second-order valence-corrected chi connectivity index (χ2v) is 9.50. The van der Waals surface area contributed by atoms with Crippen LogP contribution in [0.5, 0.6) is 0 Å². The number of anilines is 2. The fourth-order valence-corrected chi connectivity index (χ4v) is 5.66. The lowest BCUT2D eigenvalue weighted by atomic mass is 9.95. The van der Waals surface area contributed by atoms with Gasteiger partial charge in [0.1, 0.15) is 16.4 Å². The van der Waals surface area contributed by atoms with Crippen molar-refractivity contribution < 1.29 is 12.9 Å². The van der Waals surface area contributed by atoms with E-state index in [1.165, 1.54) is 4.31 Å². The topological polar surface area (TPSA) is 101 Å². The summed E-state index contributed by atoms with van der Waals surface area (Å²) in [6.45, 7) is 6.16. The summed E-state index contributed by atoms with van der Waals surface area (Å²) in [5, 5.41) is 7.07. The minimum Gasteiger partial charge on any atom is -0.360 e. The number of hydrogen-bond donors (Lipinski definition) is 1. The van der Waals surface area contributed by atoms with E-state index in [2.05, 4.69) is 20.4 Å². The van der Waals surface area contributed by atoms with E-state index in [0.29, 0.717) is 24.5 Å². The number of sulfonamides is 1. The normalized spacial score (nSPS) is 17.8. The number of piperidine rings is 1. The third kappa shape index (κ3) is 3.95. The van der Waals surface area contributed by atoms with Crippen molar-refractivity contribution in [2.45, 2.75) is 44.4 Å². The van der Waals surface area contributed by atoms with Crippen LogP contribution >= 0.6 is 0 Å². The zero-order valence-corrected chi connectivity index (χ0v) is 18.1. The Morgan fingerprint density at radius 2 is 2.00 bits per heavy atom. The summed E-state index contributed by atoms with van der Waals surface area (Å²) in [4.78, 5) is 9.12. The highest BCUT2D eigenvalue weighted by Crippen LogP contribution is 2.32. The molecule has 3 aromatic heterocycles. The highest BCUT2D eigenvalue weighted by molar-refractivity contribution is 7.89. The molecule has 8 nitrogen and oxygen atoms in total. The standard InChI is InChI=1S/C21H25N5O3S/c1-14-6-4-10-22-21(14)24-18-8-9-19(23-12-18)17-7-5-11-26(13-17)30(27,28)20-15(2)25-29-16(20)3/h4,6,8-10,12,17H,5,7,11,13H2,1-3H3,(H,22,24)/t17-/m0/s1. The Bertz CT molecular complexity index is 1120. The molecule has 0 spiro atoms. The number of rotatable bonds is 5. The van der Waals surface area contributed by atoms with Gasteiger partial charge in [-0.2, -0.15) is 4.31 Å². The van der Waals surface area contributed by atoms with Crippen molar-refractivity contribution in [3.05, 3.63) is 59.4 Å². The molecule has 0 aliphatic carbocycles. The van der Waals surface area contributed by atoms with Gasteiger partial charge in [0, 0.05) is 30.9 Å². The van der Waals surface area contributed by atoms with Crippen molar-refractivity contribution in [2.24, 2.45) is 0 Å². The van der Waals surface area contributed by atoms with Gasteiger partial charge in [-0.1, -0.05) is 11.2 Å². The Hall–Kier alpha value is -2.78. The molecule has 0 aromatic carbocycles. The second-order valence-electron chi connectivity index (χ2n) is 7.62. The highest BCUT2D eigenvalue weighted by Gasteiger charge is 2.35. The van der Waals surface area contributed by atoms with Crippen LogP contribution in [0.2, 0.25) is 0 Å². The zero-order valence-electron chi connectivity index (χ0n) is 17.3. The van der Waals surface area contributed by atoms with E-state index < -0.39 is 10.0 Å². The van der Waals surface area contributed by atoms with E-state index in [1.807, 2.05) is 31.2 Å². The van der Waals surface area contributed by atoms with Crippen LogP contribution in [0.4, 0.5) is 11.5 Å². The van der Waals surface area contributed by atoms with Gasteiger partial charge in [-0.05, 0) is 57.4 Å². The molecule has 1 saturated heterocycles. The van der Waals surface area contributed by atoms with Crippen molar-refractivity contribution in [1.29, 1.82) is 0 Å². The lowest BCUT2D eigenvalue weighted by Crippen LogP contribution is -2.39. The van der Waals surface area contributed by atoms with Crippen LogP contribution in [0.3, 0.4) is 0 Å². The molecule has 0 amide bonds. The molecule has 30 heavy (non-hydrogen) atoms. The molecular formula is C21H25N5O3S. The third-order valence-electron chi connectivity index (χ3n) is 5.43. The molecule has 1 aliphatic heterocycles. The third-order valence-corrected chi connectivity index (χ3v) is 7.54. The van der Waals surface area contributed by atoms with E-state index in [0.717, 1.165) is 35.6 Å². The molecule has 9 heteroatoms. The predicted octanol–water partition coefficient (Wildman–Crippen LogP) is 3.70. The van der Waals surface area contributed by atoms with Crippen LogP contribution < -0.4 is 5.32 Å². The number of hydrogen-bond acceptors (Lipinski definition) is 7. The van der Waals surface area contributed by atoms with Crippen LogP contribution in [-0.2, 0) is 10.0 Å². The molecule has 0 bridgehead atoms. The minimum atomic E-state index is -3.65. The summed E-state index contributed by atoms with van der Waals surface area (Å²) in [7, 11) is -3.65. The van der Waals surface area contributed by atoms with Crippen LogP contribution in [0.1, 0.15) is 41.5 Å². The molecular weight excluding hydrogens is 402 g/mol. The fourth-order valence-electron chi connectivity index (χ4n) is 3.85. The number of aromatic nitrogens is 3. The molecule has 158 valence electrons. The molecule has 0 radical (unpaired) electrons. The van der Waals surface area contributed by atoms with E-state index in [9.17, 15) is 8.42 Å². The lowest BCUT2D eigenvalue weighted by Gasteiger charge is -2.31. The van der Waals surface area contributed by atoms with Gasteiger partial charge in [-0.25, -0.2) is 13.4 Å². The van der Waals surface area contributed by atoms with Gasteiger partial charge in [0.15, 0.2) is 5.76 Å². The van der Waals surface area contributed by atoms with E-state index in [4.69, 9.17) is 4.52 Å². The van der Waals surface area contributed by atoms with Crippen LogP contribution in [0.15, 0.2) is 46.1 Å². The molecule has 1 N–H and O–H groups in total. The first-order valence-corrected chi connectivity index (χ1v) is 11.4. The van der Waals surface area contributed by atoms with Crippen LogP contribution in [0, 0.1) is 20.8 Å². The molecule has 0 saturated carbocycles. The quantitative estimate of drug-likeness (QED) is 0.662. The van der Waals surface area contributed by atoms with Crippen molar-refractivity contribution in [1.82, 2.24) is 19.4 Å². The second kappa shape index (κ2) is 8.16. The smallest absolute Gasteiger partial charge is 0.248 e. The monoisotopic (exact) mass is 427 g/mol. The maximum absolute atomic E-state index is 13.1. The first-order chi connectivity index (χ1) is 14.4. The number of nitrogens with zero attached hydrogens (tertiary/aromatic N) is 4. The highest BCUT2D eigenvalue weighted by atomic mass is 32.2. The van der Waals surface area contributed by atoms with Crippen LogP contribution in [-0.4, -0.2) is 40.9 Å². The molecule has 1 fully saturated rings. The predicted molar refractivity (Wildman–Crippen MR) is 113 cm³/mol. The lowest BCUT2D eigenvalue weighted by molar-refractivity contribution is 0.312. The summed E-state index contributed by atoms with van der Waals surface area (Å²) in [5.74, 6) is 1.16. The van der Waals surface area contributed by atoms with Crippen molar-refractivity contribution >= 4 is 21.5 Å². The summed E-state index contributed by atoms with van der Waals surface area (Å²) < 4.78 is 32.9. The van der Waals surface area contributed by atoms with Gasteiger partial charge in [-0.3, -0.25) is 4.98 Å². The molecule has 4 heterocycles. The van der Waals surface area contributed by atoms with Crippen molar-refractivity contribution in [3.63, 3.8) is 0 Å². The Kier molecular flexibility index (Phi) is 5.57. The first-order valence-electron chi connectivity index (χ1n) is 9.94. The summed E-state index contributed by atoms with van der Waals surface area (Å²) in [5.41, 5.74) is 3.18. The number of nitrogens with one attached hydrogen (secondary N) is 1. The van der Waals surface area contributed by atoms with Gasteiger partial charge in [0.25, 0.3) is 0 Å². The molecule has 1 atom stereocenters. The maximum Gasteiger partial charge on any atom is 0.248 e. The van der Waals surface area contributed by atoms with Crippen molar-refractivity contribution in [3.8, 4) is 0 Å². The number of pyridine rings is 2. The Labute approximate surface area is 176 Å². The summed E-state index contributed by atoms with van der Waals surface area (Å²) in [6, 6.07) is 7.80. The Balaban J connectivity index is 1.50. The van der Waals surface area contributed by atoms with Gasteiger partial charge < -0.3 is 9.84 Å². The van der Waals surface area contributed by atoms with E-state index in [1.54, 1.807) is 26.2 Å².